The summed E-state index contributed by atoms with van der Waals surface area (Å²) in [4.78, 5) is 1.67. The van der Waals surface area contributed by atoms with Crippen LogP contribution in [-0.4, -0.2) is 18.6 Å². The maximum absolute atomic E-state index is 14.5. The van der Waals surface area contributed by atoms with Crippen LogP contribution in [0.2, 0.25) is 10.0 Å². The van der Waals surface area contributed by atoms with Gasteiger partial charge in [0.15, 0.2) is 5.95 Å². The van der Waals surface area contributed by atoms with Gasteiger partial charge in [-0.25, -0.2) is 0 Å². The van der Waals surface area contributed by atoms with Crippen molar-refractivity contribution >= 4 is 28.9 Å². The SMILES string of the molecule is FC1=CC2=C(CC3CCC2N3)CN1c1ccc(Cl)c(Cl)c1. The van der Waals surface area contributed by atoms with E-state index in [0.29, 0.717) is 28.7 Å². The third-order valence-corrected chi connectivity index (χ3v) is 5.35. The number of nitrogens with one attached hydrogen (secondary N) is 1. The van der Waals surface area contributed by atoms with Gasteiger partial charge in [0.1, 0.15) is 0 Å². The van der Waals surface area contributed by atoms with Crippen LogP contribution in [0.3, 0.4) is 0 Å². The first-order valence-corrected chi connectivity index (χ1v) is 7.95. The molecule has 3 aliphatic rings. The van der Waals surface area contributed by atoms with Crippen molar-refractivity contribution < 1.29 is 4.39 Å². The first-order valence-electron chi connectivity index (χ1n) is 7.19. The van der Waals surface area contributed by atoms with Crippen LogP contribution in [0.4, 0.5) is 10.1 Å². The number of benzene rings is 1. The molecule has 0 aromatic heterocycles. The van der Waals surface area contributed by atoms with Crippen LogP contribution in [0.5, 0.6) is 0 Å². The fraction of sp³-hybridized carbons (Fsp3) is 0.375. The zero-order chi connectivity index (χ0) is 14.6. The summed E-state index contributed by atoms with van der Waals surface area (Å²) in [5.74, 6) is -0.223. The Kier molecular flexibility index (Phi) is 3.25. The van der Waals surface area contributed by atoms with Crippen molar-refractivity contribution in [1.29, 1.82) is 0 Å². The topological polar surface area (TPSA) is 15.3 Å². The predicted molar refractivity (Wildman–Crippen MR) is 84.6 cm³/mol. The van der Waals surface area contributed by atoms with Gasteiger partial charge in [-0.2, -0.15) is 4.39 Å². The van der Waals surface area contributed by atoms with Crippen LogP contribution in [0, 0.1) is 0 Å². The van der Waals surface area contributed by atoms with Crippen molar-refractivity contribution in [2.75, 3.05) is 11.4 Å². The maximum Gasteiger partial charge on any atom is 0.194 e. The number of hydrogen-bond acceptors (Lipinski definition) is 2. The standard InChI is InChI=1S/C16H15Cl2FN2/c17-13-3-2-11(6-14(13)18)21-8-9-5-10-1-4-15(20-10)12(9)7-16(21)19/h2-3,6-7,10,15,20H,1,4-5,8H2. The van der Waals surface area contributed by atoms with Crippen LogP contribution in [-0.2, 0) is 0 Å². The monoisotopic (exact) mass is 324 g/mol. The number of anilines is 1. The lowest BCUT2D eigenvalue weighted by Gasteiger charge is -2.35. The molecule has 2 atom stereocenters. The molecule has 0 radical (unpaired) electrons. The molecule has 1 N–H and O–H groups in total. The van der Waals surface area contributed by atoms with Crippen molar-refractivity contribution in [2.45, 2.75) is 31.3 Å². The number of halogens is 3. The lowest BCUT2D eigenvalue weighted by atomic mass is 9.92. The fourth-order valence-electron chi connectivity index (χ4n) is 3.59. The van der Waals surface area contributed by atoms with Gasteiger partial charge in [-0.15, -0.1) is 0 Å². The van der Waals surface area contributed by atoms with Crippen LogP contribution in [0.1, 0.15) is 19.3 Å². The predicted octanol–water partition coefficient (Wildman–Crippen LogP) is 4.45. The first kappa shape index (κ1) is 13.6. The van der Waals surface area contributed by atoms with Gasteiger partial charge in [-0.05, 0) is 54.7 Å². The van der Waals surface area contributed by atoms with Gasteiger partial charge in [0.2, 0.25) is 0 Å². The Morgan fingerprint density at radius 3 is 2.86 bits per heavy atom. The second-order valence-electron chi connectivity index (χ2n) is 5.91. The minimum absolute atomic E-state index is 0.223. The highest BCUT2D eigenvalue weighted by molar-refractivity contribution is 6.42. The highest BCUT2D eigenvalue weighted by Crippen LogP contribution is 2.39. The summed E-state index contributed by atoms with van der Waals surface area (Å²) in [6.07, 6.45) is 4.98. The van der Waals surface area contributed by atoms with E-state index in [2.05, 4.69) is 5.32 Å². The van der Waals surface area contributed by atoms with Crippen LogP contribution >= 0.6 is 23.2 Å². The zero-order valence-corrected chi connectivity index (χ0v) is 12.9. The molecule has 0 aliphatic carbocycles. The Labute approximate surface area is 133 Å². The lowest BCUT2D eigenvalue weighted by Crippen LogP contribution is -2.40. The van der Waals surface area contributed by atoms with Gasteiger partial charge >= 0.3 is 0 Å². The minimum atomic E-state index is -0.223. The summed E-state index contributed by atoms with van der Waals surface area (Å²) in [5.41, 5.74) is 3.24. The molecule has 1 fully saturated rings. The lowest BCUT2D eigenvalue weighted by molar-refractivity contribution is 0.509. The largest absolute Gasteiger partial charge is 0.314 e. The van der Waals surface area contributed by atoms with Gasteiger partial charge in [0.25, 0.3) is 0 Å². The highest BCUT2D eigenvalue weighted by atomic mass is 35.5. The van der Waals surface area contributed by atoms with Crippen LogP contribution in [0.15, 0.2) is 41.4 Å². The second-order valence-corrected chi connectivity index (χ2v) is 6.72. The average molecular weight is 325 g/mol. The van der Waals surface area contributed by atoms with Gasteiger partial charge < -0.3 is 10.2 Å². The quantitative estimate of drug-likeness (QED) is 0.768. The summed E-state index contributed by atoms with van der Waals surface area (Å²) >= 11 is 12.0. The fourth-order valence-corrected chi connectivity index (χ4v) is 3.88. The van der Waals surface area contributed by atoms with Gasteiger partial charge in [0, 0.05) is 24.3 Å². The maximum atomic E-state index is 14.5. The molecule has 2 nitrogen and oxygen atoms in total. The van der Waals surface area contributed by atoms with Gasteiger partial charge in [-0.3, -0.25) is 0 Å². The van der Waals surface area contributed by atoms with Crippen molar-refractivity contribution in [2.24, 2.45) is 0 Å². The normalized spacial score (nSPS) is 27.8. The summed E-state index contributed by atoms with van der Waals surface area (Å²) in [6, 6.07) is 6.13. The van der Waals surface area contributed by atoms with Crippen molar-refractivity contribution in [3.05, 3.63) is 51.4 Å². The molecule has 3 heterocycles. The molecule has 0 saturated carbocycles. The molecule has 3 aliphatic heterocycles. The van der Waals surface area contributed by atoms with Gasteiger partial charge in [-0.1, -0.05) is 23.2 Å². The van der Waals surface area contributed by atoms with Crippen molar-refractivity contribution in [1.82, 2.24) is 5.32 Å². The highest BCUT2D eigenvalue weighted by Gasteiger charge is 2.36. The Bertz CT molecular complexity index is 668. The van der Waals surface area contributed by atoms with E-state index in [1.54, 1.807) is 23.1 Å². The second kappa shape index (κ2) is 5.01. The molecule has 1 aromatic carbocycles. The Hall–Kier alpha value is -1.03. The molecule has 5 heteroatoms. The zero-order valence-electron chi connectivity index (χ0n) is 11.4. The Morgan fingerprint density at radius 2 is 2.05 bits per heavy atom. The molecule has 110 valence electrons. The Balaban J connectivity index is 1.68. The first-order chi connectivity index (χ1) is 10.1. The molecule has 0 amide bonds. The minimum Gasteiger partial charge on any atom is -0.314 e. The molecule has 1 saturated heterocycles. The number of fused-ring (bicyclic) bond motifs is 3. The molecule has 4 rings (SSSR count). The van der Waals surface area contributed by atoms with Gasteiger partial charge in [0.05, 0.1) is 10.0 Å². The summed E-state index contributed by atoms with van der Waals surface area (Å²) in [6.45, 7) is 0.601. The average Bonchev–Trinajstić information content (AvgIpc) is 2.86. The molecule has 1 aromatic rings. The Morgan fingerprint density at radius 1 is 1.19 bits per heavy atom. The number of nitrogens with zero attached hydrogens (tertiary/aromatic N) is 1. The summed E-state index contributed by atoms with van der Waals surface area (Å²) < 4.78 is 14.5. The van der Waals surface area contributed by atoms with E-state index >= 15 is 0 Å². The van der Waals surface area contributed by atoms with E-state index in [0.717, 1.165) is 24.1 Å². The smallest absolute Gasteiger partial charge is 0.194 e. The van der Waals surface area contributed by atoms with Crippen LogP contribution in [0.25, 0.3) is 0 Å². The summed E-state index contributed by atoms with van der Waals surface area (Å²) in [7, 11) is 0. The third kappa shape index (κ3) is 2.28. The van der Waals surface area contributed by atoms with E-state index in [1.807, 2.05) is 6.07 Å². The van der Waals surface area contributed by atoms with E-state index in [-0.39, 0.29) is 5.95 Å². The summed E-state index contributed by atoms with van der Waals surface area (Å²) in [5, 5.41) is 4.49. The van der Waals surface area contributed by atoms with Crippen LogP contribution < -0.4 is 10.2 Å². The van der Waals surface area contributed by atoms with E-state index in [4.69, 9.17) is 23.2 Å². The van der Waals surface area contributed by atoms with Crippen molar-refractivity contribution in [3.8, 4) is 0 Å². The molecule has 21 heavy (non-hydrogen) atoms. The van der Waals surface area contributed by atoms with E-state index in [1.165, 1.54) is 12.0 Å². The number of hydrogen-bond donors (Lipinski definition) is 1. The molecular weight excluding hydrogens is 310 g/mol. The number of rotatable bonds is 1. The molecule has 2 unspecified atom stereocenters. The van der Waals surface area contributed by atoms with Crippen molar-refractivity contribution in [3.63, 3.8) is 0 Å². The van der Waals surface area contributed by atoms with E-state index < -0.39 is 0 Å². The molecule has 0 spiro atoms. The molecule has 2 bridgehead atoms. The van der Waals surface area contributed by atoms with E-state index in [9.17, 15) is 4.39 Å². The molecular formula is C16H15Cl2FN2. The third-order valence-electron chi connectivity index (χ3n) is 4.61.